The van der Waals surface area contributed by atoms with Crippen LogP contribution in [0.2, 0.25) is 0 Å². The number of anilines is 3. The fraction of sp³-hybridized carbons (Fsp3) is 0.348. The molecule has 0 saturated carbocycles. The largest absolute Gasteiger partial charge is 0.372 e. The number of piperidine rings is 1. The van der Waals surface area contributed by atoms with Crippen molar-refractivity contribution in [1.29, 1.82) is 0 Å². The Hall–Kier alpha value is -3.42. The van der Waals surface area contributed by atoms with Crippen molar-refractivity contribution in [3.8, 4) is 0 Å². The zero-order chi connectivity index (χ0) is 22.0. The second-order valence-corrected chi connectivity index (χ2v) is 7.87. The van der Waals surface area contributed by atoms with E-state index in [4.69, 9.17) is 0 Å². The van der Waals surface area contributed by atoms with Gasteiger partial charge in [-0.05, 0) is 74.7 Å². The van der Waals surface area contributed by atoms with Crippen molar-refractivity contribution in [3.63, 3.8) is 0 Å². The molecule has 2 fully saturated rings. The molecule has 7 nitrogen and oxygen atoms in total. The zero-order valence-electron chi connectivity index (χ0n) is 17.4. The van der Waals surface area contributed by atoms with E-state index in [1.54, 1.807) is 6.92 Å². The average molecular weight is 424 g/mol. The molecule has 162 valence electrons. The number of halogens is 1. The lowest BCUT2D eigenvalue weighted by molar-refractivity contribution is -0.130. The maximum Gasteiger partial charge on any atom is 0.332 e. The highest BCUT2D eigenvalue weighted by Gasteiger charge is 2.44. The molecule has 0 spiro atoms. The summed E-state index contributed by atoms with van der Waals surface area (Å²) in [7, 11) is 0. The third-order valence-corrected chi connectivity index (χ3v) is 5.73. The standard InChI is InChI=1S/C23H25FN4O3/c1-16-22(30)27(23(31)28(16)20-9-5-17(24)6-10-20)15-21(29)25-18-7-11-19(12-8-18)26-13-3-2-4-14-26/h5-12,16H,2-4,13-15H2,1H3,(H,25,29). The number of benzene rings is 2. The molecule has 4 amide bonds. The van der Waals surface area contributed by atoms with Crippen molar-refractivity contribution in [2.75, 3.05) is 34.8 Å². The summed E-state index contributed by atoms with van der Waals surface area (Å²) in [6.45, 7) is 3.27. The number of carbonyl (C=O) groups is 3. The van der Waals surface area contributed by atoms with Gasteiger partial charge in [-0.1, -0.05) is 0 Å². The van der Waals surface area contributed by atoms with E-state index in [1.807, 2.05) is 24.3 Å². The summed E-state index contributed by atoms with van der Waals surface area (Å²) in [5, 5.41) is 2.75. The van der Waals surface area contributed by atoms with E-state index in [1.165, 1.54) is 48.4 Å². The first-order valence-electron chi connectivity index (χ1n) is 10.5. The number of imide groups is 1. The first-order valence-corrected chi connectivity index (χ1v) is 10.5. The molecule has 1 unspecified atom stereocenters. The molecular formula is C23H25FN4O3. The number of carbonyl (C=O) groups excluding carboxylic acids is 3. The van der Waals surface area contributed by atoms with Gasteiger partial charge in [0.25, 0.3) is 5.91 Å². The SMILES string of the molecule is CC1C(=O)N(CC(=O)Nc2ccc(N3CCCCC3)cc2)C(=O)N1c1ccc(F)cc1. The maximum atomic E-state index is 13.2. The quantitative estimate of drug-likeness (QED) is 0.745. The van der Waals surface area contributed by atoms with E-state index in [0.717, 1.165) is 23.7 Å². The van der Waals surface area contributed by atoms with E-state index in [9.17, 15) is 18.8 Å². The first-order chi connectivity index (χ1) is 14.9. The summed E-state index contributed by atoms with van der Waals surface area (Å²) in [6.07, 6.45) is 3.63. The Morgan fingerprint density at radius 2 is 1.58 bits per heavy atom. The molecule has 2 aliphatic heterocycles. The zero-order valence-corrected chi connectivity index (χ0v) is 17.4. The first kappa shape index (κ1) is 20.8. The van der Waals surface area contributed by atoms with Crippen LogP contribution in [0.25, 0.3) is 0 Å². The second-order valence-electron chi connectivity index (χ2n) is 7.87. The van der Waals surface area contributed by atoms with Gasteiger partial charge in [-0.2, -0.15) is 0 Å². The van der Waals surface area contributed by atoms with Crippen LogP contribution in [0.4, 0.5) is 26.2 Å². The normalized spacial score (nSPS) is 19.2. The molecule has 1 atom stereocenters. The third-order valence-electron chi connectivity index (χ3n) is 5.73. The van der Waals surface area contributed by atoms with Crippen molar-refractivity contribution in [2.24, 2.45) is 0 Å². The number of nitrogens with zero attached hydrogens (tertiary/aromatic N) is 3. The molecule has 0 aliphatic carbocycles. The Kier molecular flexibility index (Phi) is 5.88. The Bertz CT molecular complexity index is 971. The van der Waals surface area contributed by atoms with Crippen LogP contribution in [-0.4, -0.2) is 48.4 Å². The third kappa shape index (κ3) is 4.38. The molecule has 2 saturated heterocycles. The molecule has 0 bridgehead atoms. The summed E-state index contributed by atoms with van der Waals surface area (Å²) in [5.74, 6) is -1.36. The van der Waals surface area contributed by atoms with Crippen molar-refractivity contribution < 1.29 is 18.8 Å². The Labute approximate surface area is 180 Å². The van der Waals surface area contributed by atoms with E-state index in [2.05, 4.69) is 10.2 Å². The Balaban J connectivity index is 1.39. The molecule has 2 aromatic carbocycles. The number of nitrogens with one attached hydrogen (secondary N) is 1. The minimum absolute atomic E-state index is 0.381. The molecule has 2 heterocycles. The highest BCUT2D eigenvalue weighted by atomic mass is 19.1. The van der Waals surface area contributed by atoms with Gasteiger partial charge < -0.3 is 10.2 Å². The van der Waals surface area contributed by atoms with Gasteiger partial charge in [-0.15, -0.1) is 0 Å². The summed E-state index contributed by atoms with van der Waals surface area (Å²) in [6, 6.07) is 11.5. The minimum atomic E-state index is -0.769. The molecule has 8 heteroatoms. The van der Waals surface area contributed by atoms with Gasteiger partial charge in [0.05, 0.1) is 0 Å². The molecule has 2 aliphatic rings. The molecular weight excluding hydrogens is 399 g/mol. The summed E-state index contributed by atoms with van der Waals surface area (Å²) in [4.78, 5) is 42.4. The van der Waals surface area contributed by atoms with E-state index < -0.39 is 29.7 Å². The van der Waals surface area contributed by atoms with Gasteiger partial charge in [0.1, 0.15) is 18.4 Å². The maximum absolute atomic E-state index is 13.2. The molecule has 0 radical (unpaired) electrons. The van der Waals surface area contributed by atoms with Crippen LogP contribution in [0.15, 0.2) is 48.5 Å². The number of urea groups is 1. The van der Waals surface area contributed by atoms with Crippen molar-refractivity contribution in [3.05, 3.63) is 54.3 Å². The minimum Gasteiger partial charge on any atom is -0.372 e. The summed E-state index contributed by atoms with van der Waals surface area (Å²) in [5.41, 5.74) is 2.13. The van der Waals surface area contributed by atoms with Gasteiger partial charge in [-0.25, -0.2) is 9.18 Å². The lowest BCUT2D eigenvalue weighted by Gasteiger charge is -2.28. The van der Waals surface area contributed by atoms with E-state index in [0.29, 0.717) is 11.4 Å². The fourth-order valence-electron chi connectivity index (χ4n) is 4.06. The fourth-order valence-corrected chi connectivity index (χ4v) is 4.06. The topological polar surface area (TPSA) is 73.0 Å². The predicted molar refractivity (Wildman–Crippen MR) is 117 cm³/mol. The molecule has 31 heavy (non-hydrogen) atoms. The summed E-state index contributed by atoms with van der Waals surface area (Å²) >= 11 is 0. The molecule has 0 aromatic heterocycles. The van der Waals surface area contributed by atoms with Crippen molar-refractivity contribution in [1.82, 2.24) is 4.90 Å². The summed E-state index contributed by atoms with van der Waals surface area (Å²) < 4.78 is 13.2. The van der Waals surface area contributed by atoms with Crippen LogP contribution < -0.4 is 15.1 Å². The van der Waals surface area contributed by atoms with E-state index >= 15 is 0 Å². The smallest absolute Gasteiger partial charge is 0.332 e. The second kappa shape index (κ2) is 8.75. The van der Waals surface area contributed by atoms with Gasteiger partial charge in [0, 0.05) is 30.2 Å². The molecule has 1 N–H and O–H groups in total. The van der Waals surface area contributed by atoms with Crippen molar-refractivity contribution in [2.45, 2.75) is 32.2 Å². The van der Waals surface area contributed by atoms with Crippen LogP contribution >= 0.6 is 0 Å². The Morgan fingerprint density at radius 1 is 0.968 bits per heavy atom. The van der Waals surface area contributed by atoms with Crippen LogP contribution in [-0.2, 0) is 9.59 Å². The van der Waals surface area contributed by atoms with Gasteiger partial charge in [0.2, 0.25) is 5.91 Å². The van der Waals surface area contributed by atoms with Gasteiger partial charge >= 0.3 is 6.03 Å². The van der Waals surface area contributed by atoms with Gasteiger partial charge in [-0.3, -0.25) is 19.4 Å². The average Bonchev–Trinajstić information content (AvgIpc) is 2.99. The van der Waals surface area contributed by atoms with E-state index in [-0.39, 0.29) is 6.54 Å². The van der Waals surface area contributed by atoms with Crippen LogP contribution in [0.5, 0.6) is 0 Å². The van der Waals surface area contributed by atoms with Crippen LogP contribution in [0, 0.1) is 5.82 Å². The Morgan fingerprint density at radius 3 is 2.23 bits per heavy atom. The number of amides is 4. The molecule has 4 rings (SSSR count). The van der Waals surface area contributed by atoms with Crippen molar-refractivity contribution >= 4 is 34.9 Å². The predicted octanol–water partition coefficient (Wildman–Crippen LogP) is 3.61. The number of hydrogen-bond acceptors (Lipinski definition) is 4. The number of rotatable bonds is 5. The molecule has 2 aromatic rings. The lowest BCUT2D eigenvalue weighted by Crippen LogP contribution is -2.39. The highest BCUT2D eigenvalue weighted by Crippen LogP contribution is 2.26. The van der Waals surface area contributed by atoms with Gasteiger partial charge in [0.15, 0.2) is 0 Å². The van der Waals surface area contributed by atoms with Crippen LogP contribution in [0.1, 0.15) is 26.2 Å². The lowest BCUT2D eigenvalue weighted by atomic mass is 10.1. The monoisotopic (exact) mass is 424 g/mol. The number of hydrogen-bond donors (Lipinski definition) is 1. The van der Waals surface area contributed by atoms with Crippen LogP contribution in [0.3, 0.4) is 0 Å². The highest BCUT2D eigenvalue weighted by molar-refractivity contribution is 6.16.